The Morgan fingerprint density at radius 1 is 1.08 bits per heavy atom. The van der Waals surface area contributed by atoms with Gasteiger partial charge in [0.2, 0.25) is 5.89 Å². The highest BCUT2D eigenvalue weighted by atomic mass is 35.5. The largest absolute Gasteiger partial charge is 0.507 e. The number of furan rings is 1. The fourth-order valence-corrected chi connectivity index (χ4v) is 4.31. The van der Waals surface area contributed by atoms with E-state index in [2.05, 4.69) is 22.5 Å². The van der Waals surface area contributed by atoms with Crippen molar-refractivity contribution in [3.8, 4) is 28.5 Å². The van der Waals surface area contributed by atoms with Crippen molar-refractivity contribution in [1.29, 1.82) is 0 Å². The van der Waals surface area contributed by atoms with Gasteiger partial charge in [0, 0.05) is 16.3 Å². The first-order chi connectivity index (χ1) is 17.8. The number of carbonyl (C=O) groups excluding carboxylic acids is 1. The number of carbonyl (C=O) groups is 1. The Morgan fingerprint density at radius 2 is 1.92 bits per heavy atom. The van der Waals surface area contributed by atoms with Crippen molar-refractivity contribution in [2.75, 3.05) is 5.32 Å². The maximum absolute atomic E-state index is 12.7. The van der Waals surface area contributed by atoms with Gasteiger partial charge >= 0.3 is 0 Å². The van der Waals surface area contributed by atoms with Gasteiger partial charge in [-0.05, 0) is 85.2 Å². The van der Waals surface area contributed by atoms with Gasteiger partial charge in [0.05, 0.1) is 5.56 Å². The number of aromatic nitrogens is 1. The lowest BCUT2D eigenvalue weighted by Crippen LogP contribution is -2.33. The summed E-state index contributed by atoms with van der Waals surface area (Å²) in [6.07, 6.45) is 0.880. The van der Waals surface area contributed by atoms with Gasteiger partial charge in [-0.3, -0.25) is 10.1 Å². The lowest BCUT2D eigenvalue weighted by Gasteiger charge is -2.12. The van der Waals surface area contributed by atoms with E-state index in [0.717, 1.165) is 17.5 Å². The highest BCUT2D eigenvalue weighted by Crippen LogP contribution is 2.36. The number of phenols is 1. The summed E-state index contributed by atoms with van der Waals surface area (Å²) in [6, 6.07) is 19.6. The number of anilines is 1. The van der Waals surface area contributed by atoms with Crippen LogP contribution in [0.2, 0.25) is 5.02 Å². The molecule has 0 aliphatic carbocycles. The molecule has 0 bridgehead atoms. The van der Waals surface area contributed by atoms with Crippen LogP contribution in [0.25, 0.3) is 33.9 Å². The second kappa shape index (κ2) is 10.1. The number of fused-ring (bicyclic) bond motifs is 1. The van der Waals surface area contributed by atoms with Gasteiger partial charge in [0.25, 0.3) is 5.91 Å². The average Bonchev–Trinajstić information content (AvgIpc) is 3.53. The highest BCUT2D eigenvalue weighted by Gasteiger charge is 2.18. The molecule has 0 aliphatic rings. The number of aryl methyl sites for hydroxylation is 2. The molecule has 0 aliphatic heterocycles. The van der Waals surface area contributed by atoms with E-state index >= 15 is 0 Å². The van der Waals surface area contributed by atoms with E-state index in [0.29, 0.717) is 38.7 Å². The van der Waals surface area contributed by atoms with E-state index in [1.54, 1.807) is 49.4 Å². The Bertz CT molecular complexity index is 1660. The Kier molecular flexibility index (Phi) is 6.69. The van der Waals surface area contributed by atoms with E-state index in [1.807, 2.05) is 24.3 Å². The van der Waals surface area contributed by atoms with Crippen LogP contribution in [0.1, 0.15) is 28.6 Å². The van der Waals surface area contributed by atoms with Crippen molar-refractivity contribution in [2.45, 2.75) is 20.3 Å². The van der Waals surface area contributed by atoms with Gasteiger partial charge in [-0.1, -0.05) is 36.7 Å². The van der Waals surface area contributed by atoms with Crippen LogP contribution >= 0.6 is 23.8 Å². The molecule has 9 heteroatoms. The number of aromatic hydroxyl groups is 1. The molecular weight excluding hydrogens is 510 g/mol. The van der Waals surface area contributed by atoms with Crippen LogP contribution in [0, 0.1) is 6.92 Å². The molecule has 2 heterocycles. The Labute approximate surface area is 223 Å². The molecule has 0 unspecified atom stereocenters. The zero-order chi connectivity index (χ0) is 26.1. The Morgan fingerprint density at radius 3 is 2.70 bits per heavy atom. The van der Waals surface area contributed by atoms with E-state index < -0.39 is 5.91 Å². The predicted octanol–water partition coefficient (Wildman–Crippen LogP) is 7.11. The second-order valence-corrected chi connectivity index (χ2v) is 9.29. The molecule has 0 atom stereocenters. The number of rotatable bonds is 5. The molecule has 3 N–H and O–H groups in total. The maximum atomic E-state index is 12.7. The van der Waals surface area contributed by atoms with Crippen molar-refractivity contribution >= 4 is 51.6 Å². The molecule has 0 fully saturated rings. The zero-order valence-corrected chi connectivity index (χ0v) is 21.5. The van der Waals surface area contributed by atoms with Gasteiger partial charge in [0.15, 0.2) is 16.5 Å². The van der Waals surface area contributed by atoms with Crippen molar-refractivity contribution in [2.24, 2.45) is 0 Å². The standard InChI is InChI=1S/C28H22ClN3O4S/c1-3-16-7-8-23-21(12-16)31-27(36-23)20-14-19(11-15(2)25(20)33)30-28(37)32-26(34)24-10-9-22(35-24)17-5-4-6-18(29)13-17/h4-14,33H,3H2,1-2H3,(H2,30,32,34,37). The summed E-state index contributed by atoms with van der Waals surface area (Å²) < 4.78 is 11.6. The van der Waals surface area contributed by atoms with Gasteiger partial charge in [-0.2, -0.15) is 0 Å². The van der Waals surface area contributed by atoms with Crippen LogP contribution in [0.3, 0.4) is 0 Å². The predicted molar refractivity (Wildman–Crippen MR) is 148 cm³/mol. The van der Waals surface area contributed by atoms with Crippen molar-refractivity contribution in [3.05, 3.63) is 88.6 Å². The van der Waals surface area contributed by atoms with Crippen LogP contribution < -0.4 is 10.6 Å². The van der Waals surface area contributed by atoms with Crippen molar-refractivity contribution < 1.29 is 18.7 Å². The molecular formula is C28H22ClN3O4S. The van der Waals surface area contributed by atoms with Crippen LogP contribution in [0.5, 0.6) is 5.75 Å². The zero-order valence-electron chi connectivity index (χ0n) is 20.0. The number of nitrogens with one attached hydrogen (secondary N) is 2. The summed E-state index contributed by atoms with van der Waals surface area (Å²) >= 11 is 11.4. The molecule has 5 aromatic rings. The van der Waals surface area contributed by atoms with Gasteiger partial charge in [-0.25, -0.2) is 4.98 Å². The molecule has 0 spiro atoms. The summed E-state index contributed by atoms with van der Waals surface area (Å²) in [5.74, 6) is 0.431. The third-order valence-electron chi connectivity index (χ3n) is 5.81. The number of halogens is 1. The first kappa shape index (κ1) is 24.5. The van der Waals surface area contributed by atoms with E-state index in [-0.39, 0.29) is 22.5 Å². The number of nitrogens with zero attached hydrogens (tertiary/aromatic N) is 1. The number of hydrogen-bond acceptors (Lipinski definition) is 6. The Hall–Kier alpha value is -4.14. The fourth-order valence-electron chi connectivity index (χ4n) is 3.91. The number of oxazole rings is 1. The monoisotopic (exact) mass is 531 g/mol. The molecule has 0 saturated heterocycles. The summed E-state index contributed by atoms with van der Waals surface area (Å²) in [4.78, 5) is 17.3. The van der Waals surface area contributed by atoms with Gasteiger partial charge < -0.3 is 19.3 Å². The Balaban J connectivity index is 1.33. The molecule has 1 amide bonds. The first-order valence-electron chi connectivity index (χ1n) is 11.5. The van der Waals surface area contributed by atoms with Crippen LogP contribution in [0.4, 0.5) is 5.69 Å². The molecule has 186 valence electrons. The normalized spacial score (nSPS) is 11.0. The quantitative estimate of drug-likeness (QED) is 0.164. The SMILES string of the molecule is CCc1ccc2oc(-c3cc(NC(=S)NC(=O)c4ccc(-c5cccc(Cl)c5)o4)cc(C)c3O)nc2c1. The molecule has 0 radical (unpaired) electrons. The van der Waals surface area contributed by atoms with Gasteiger partial charge in [-0.15, -0.1) is 0 Å². The van der Waals surface area contributed by atoms with Crippen LogP contribution in [0.15, 0.2) is 75.6 Å². The lowest BCUT2D eigenvalue weighted by molar-refractivity contribution is 0.0951. The van der Waals surface area contributed by atoms with Crippen molar-refractivity contribution in [1.82, 2.24) is 10.3 Å². The smallest absolute Gasteiger partial charge is 0.293 e. The summed E-state index contributed by atoms with van der Waals surface area (Å²) in [6.45, 7) is 3.82. The molecule has 7 nitrogen and oxygen atoms in total. The molecule has 0 saturated carbocycles. The number of phenolic OH excluding ortho intramolecular Hbond substituents is 1. The fraction of sp³-hybridized carbons (Fsp3) is 0.107. The number of hydrogen-bond donors (Lipinski definition) is 3. The van der Waals surface area contributed by atoms with Crippen molar-refractivity contribution in [3.63, 3.8) is 0 Å². The van der Waals surface area contributed by atoms with E-state index in [9.17, 15) is 9.90 Å². The molecule has 5 rings (SSSR count). The summed E-state index contributed by atoms with van der Waals surface area (Å²) in [7, 11) is 0. The first-order valence-corrected chi connectivity index (χ1v) is 12.3. The van der Waals surface area contributed by atoms with E-state index in [4.69, 9.17) is 32.7 Å². The number of amides is 1. The maximum Gasteiger partial charge on any atom is 0.293 e. The lowest BCUT2D eigenvalue weighted by atomic mass is 10.1. The van der Waals surface area contributed by atoms with Gasteiger partial charge in [0.1, 0.15) is 17.0 Å². The average molecular weight is 532 g/mol. The number of benzene rings is 3. The van der Waals surface area contributed by atoms with Crippen LogP contribution in [-0.2, 0) is 6.42 Å². The third kappa shape index (κ3) is 5.21. The molecule has 37 heavy (non-hydrogen) atoms. The minimum Gasteiger partial charge on any atom is -0.507 e. The highest BCUT2D eigenvalue weighted by molar-refractivity contribution is 7.80. The van der Waals surface area contributed by atoms with E-state index in [1.165, 1.54) is 0 Å². The second-order valence-electron chi connectivity index (χ2n) is 8.45. The topological polar surface area (TPSA) is 101 Å². The molecule has 2 aromatic heterocycles. The summed E-state index contributed by atoms with van der Waals surface area (Å²) in [5.41, 5.74) is 4.77. The minimum absolute atomic E-state index is 0.0481. The minimum atomic E-state index is -0.507. The van der Waals surface area contributed by atoms with Crippen LogP contribution in [-0.4, -0.2) is 21.1 Å². The number of thiocarbonyl (C=S) groups is 1. The summed E-state index contributed by atoms with van der Waals surface area (Å²) in [5, 5.41) is 16.9. The molecule has 3 aromatic carbocycles. The third-order valence-corrected chi connectivity index (χ3v) is 6.25.